The molecule has 0 saturated carbocycles. The second-order valence-electron chi connectivity index (χ2n) is 7.45. The molecule has 7 heteroatoms. The van der Waals surface area contributed by atoms with Crippen LogP contribution in [0.3, 0.4) is 0 Å². The summed E-state index contributed by atoms with van der Waals surface area (Å²) in [6.45, 7) is 3.19. The molecule has 1 saturated heterocycles. The number of carbonyl (C=O) groups is 1. The average Bonchev–Trinajstić information content (AvgIpc) is 3.01. The van der Waals surface area contributed by atoms with Crippen molar-refractivity contribution < 1.29 is 14.3 Å². The molecule has 2 aliphatic heterocycles. The first-order chi connectivity index (χ1) is 13.0. The van der Waals surface area contributed by atoms with Crippen LogP contribution in [0.5, 0.6) is 0 Å². The normalized spacial score (nSPS) is 22.7. The van der Waals surface area contributed by atoms with E-state index in [-0.39, 0.29) is 23.2 Å². The molecular weight excluding hydrogens is 349 g/mol. The van der Waals surface area contributed by atoms with Crippen molar-refractivity contribution in [1.82, 2.24) is 9.55 Å². The number of para-hydroxylation sites is 1. The zero-order valence-corrected chi connectivity index (χ0v) is 15.1. The fourth-order valence-corrected chi connectivity index (χ4v) is 4.34. The Morgan fingerprint density at radius 2 is 1.96 bits per heavy atom. The summed E-state index contributed by atoms with van der Waals surface area (Å²) in [7, 11) is 0. The molecule has 1 aromatic heterocycles. The van der Waals surface area contributed by atoms with Crippen molar-refractivity contribution in [1.29, 1.82) is 0 Å². The van der Waals surface area contributed by atoms with Crippen LogP contribution in [0.4, 0.5) is 10.1 Å². The van der Waals surface area contributed by atoms with Gasteiger partial charge in [0.2, 0.25) is 0 Å². The van der Waals surface area contributed by atoms with Gasteiger partial charge in [-0.05, 0) is 37.3 Å². The lowest BCUT2D eigenvalue weighted by Gasteiger charge is -2.33. The van der Waals surface area contributed by atoms with Crippen molar-refractivity contribution in [3.05, 3.63) is 58.0 Å². The molecule has 1 aromatic carbocycles. The molecule has 0 radical (unpaired) electrons. The van der Waals surface area contributed by atoms with E-state index in [9.17, 15) is 19.1 Å². The molecule has 0 bridgehead atoms. The minimum Gasteiger partial charge on any atom is -0.480 e. The fraction of sp³-hybridized carbons (Fsp3) is 0.450. The maximum atomic E-state index is 14.0. The lowest BCUT2D eigenvalue weighted by atomic mass is 9.90. The Labute approximate surface area is 156 Å². The smallest absolute Gasteiger partial charge is 0.326 e. The second kappa shape index (κ2) is 6.79. The van der Waals surface area contributed by atoms with E-state index < -0.39 is 12.0 Å². The fourth-order valence-electron chi connectivity index (χ4n) is 4.34. The molecule has 1 fully saturated rings. The monoisotopic (exact) mass is 371 g/mol. The van der Waals surface area contributed by atoms with Gasteiger partial charge in [-0.2, -0.15) is 0 Å². The van der Waals surface area contributed by atoms with Gasteiger partial charge in [0.1, 0.15) is 17.7 Å². The highest BCUT2D eigenvalue weighted by Crippen LogP contribution is 2.35. The standard InChI is InChI=1S/C20H22FN3O3/c1-12-10-17(20(26)27)24-18(12)22-11-14(19(24)25)13-6-8-23(9-7-13)16-5-3-2-4-15(16)21/h2-5,11-13,17H,6-10H2,1H3,(H,26,27)/t12-,17+/m1/s1. The molecule has 0 aliphatic carbocycles. The molecule has 2 atom stereocenters. The third-order valence-corrected chi connectivity index (χ3v) is 5.79. The van der Waals surface area contributed by atoms with Crippen LogP contribution in [-0.4, -0.2) is 33.7 Å². The molecule has 142 valence electrons. The Kier molecular flexibility index (Phi) is 4.45. The molecule has 27 heavy (non-hydrogen) atoms. The third-order valence-electron chi connectivity index (χ3n) is 5.79. The summed E-state index contributed by atoms with van der Waals surface area (Å²) in [6, 6.07) is 5.86. The number of rotatable bonds is 3. The Balaban J connectivity index is 1.58. The Bertz CT molecular complexity index is 934. The largest absolute Gasteiger partial charge is 0.480 e. The SMILES string of the molecule is C[C@@H]1C[C@@H](C(=O)O)n2c1ncc(C1CCN(c3ccccc3F)CC1)c2=O. The van der Waals surface area contributed by atoms with E-state index in [2.05, 4.69) is 4.98 Å². The molecular formula is C20H22FN3O3. The van der Waals surface area contributed by atoms with Crippen LogP contribution in [-0.2, 0) is 4.79 Å². The van der Waals surface area contributed by atoms with E-state index >= 15 is 0 Å². The number of anilines is 1. The second-order valence-corrected chi connectivity index (χ2v) is 7.45. The van der Waals surface area contributed by atoms with Gasteiger partial charge >= 0.3 is 5.97 Å². The number of fused-ring (bicyclic) bond motifs is 1. The van der Waals surface area contributed by atoms with Gasteiger partial charge < -0.3 is 10.0 Å². The minimum atomic E-state index is -0.990. The number of carboxylic acid groups (broad SMARTS) is 1. The Morgan fingerprint density at radius 1 is 1.26 bits per heavy atom. The number of nitrogens with zero attached hydrogens (tertiary/aromatic N) is 3. The number of carboxylic acids is 1. The zero-order valence-electron chi connectivity index (χ0n) is 15.1. The first kappa shape index (κ1) is 17.7. The van der Waals surface area contributed by atoms with Gasteiger partial charge in [0.25, 0.3) is 5.56 Å². The molecule has 6 nitrogen and oxygen atoms in total. The van der Waals surface area contributed by atoms with Crippen LogP contribution < -0.4 is 10.5 Å². The maximum absolute atomic E-state index is 14.0. The molecule has 2 aliphatic rings. The van der Waals surface area contributed by atoms with Gasteiger partial charge in [0.05, 0.1) is 5.69 Å². The van der Waals surface area contributed by atoms with Gasteiger partial charge in [-0.1, -0.05) is 19.1 Å². The van der Waals surface area contributed by atoms with Crippen molar-refractivity contribution >= 4 is 11.7 Å². The van der Waals surface area contributed by atoms with E-state index in [1.165, 1.54) is 10.6 Å². The van der Waals surface area contributed by atoms with Crippen LogP contribution in [0.25, 0.3) is 0 Å². The lowest BCUT2D eigenvalue weighted by Crippen LogP contribution is -2.37. The summed E-state index contributed by atoms with van der Waals surface area (Å²) < 4.78 is 15.4. The lowest BCUT2D eigenvalue weighted by molar-refractivity contribution is -0.140. The zero-order chi connectivity index (χ0) is 19.1. The Hall–Kier alpha value is -2.70. The van der Waals surface area contributed by atoms with E-state index in [4.69, 9.17) is 0 Å². The molecule has 3 heterocycles. The summed E-state index contributed by atoms with van der Waals surface area (Å²) in [6.07, 6.45) is 3.43. The van der Waals surface area contributed by atoms with Gasteiger partial charge in [-0.25, -0.2) is 14.2 Å². The molecule has 4 rings (SSSR count). The number of hydrogen-bond acceptors (Lipinski definition) is 4. The minimum absolute atomic E-state index is 0.0103. The molecule has 2 aromatic rings. The van der Waals surface area contributed by atoms with E-state index in [0.717, 1.165) is 0 Å². The number of aromatic nitrogens is 2. The first-order valence-electron chi connectivity index (χ1n) is 9.31. The predicted octanol–water partition coefficient (Wildman–Crippen LogP) is 2.90. The quantitative estimate of drug-likeness (QED) is 0.898. The maximum Gasteiger partial charge on any atom is 0.326 e. The molecule has 0 unspecified atom stereocenters. The van der Waals surface area contributed by atoms with Crippen LogP contribution in [0, 0.1) is 5.82 Å². The van der Waals surface area contributed by atoms with Gasteiger partial charge in [-0.3, -0.25) is 9.36 Å². The number of piperidine rings is 1. The number of halogens is 1. The average molecular weight is 371 g/mol. The van der Waals surface area contributed by atoms with Crippen molar-refractivity contribution in [3.8, 4) is 0 Å². The van der Waals surface area contributed by atoms with E-state index in [1.54, 1.807) is 18.3 Å². The third kappa shape index (κ3) is 3.01. The number of aliphatic carboxylic acids is 1. The summed E-state index contributed by atoms with van der Waals surface area (Å²) >= 11 is 0. The van der Waals surface area contributed by atoms with Crippen molar-refractivity contribution in [2.24, 2.45) is 0 Å². The highest BCUT2D eigenvalue weighted by molar-refractivity contribution is 5.72. The first-order valence-corrected chi connectivity index (χ1v) is 9.31. The van der Waals surface area contributed by atoms with Gasteiger partial charge in [0, 0.05) is 30.8 Å². The molecule has 0 amide bonds. The summed E-state index contributed by atoms with van der Waals surface area (Å²) in [5.74, 6) is -0.712. The van der Waals surface area contributed by atoms with Crippen LogP contribution in [0.2, 0.25) is 0 Å². The number of benzene rings is 1. The van der Waals surface area contributed by atoms with Gasteiger partial charge in [-0.15, -0.1) is 0 Å². The summed E-state index contributed by atoms with van der Waals surface area (Å²) in [5.41, 5.74) is 0.924. The van der Waals surface area contributed by atoms with Crippen LogP contribution in [0.15, 0.2) is 35.3 Å². The highest BCUT2D eigenvalue weighted by Gasteiger charge is 2.36. The van der Waals surface area contributed by atoms with Gasteiger partial charge in [0.15, 0.2) is 0 Å². The molecule has 1 N–H and O–H groups in total. The molecule has 0 spiro atoms. The summed E-state index contributed by atoms with van der Waals surface area (Å²) in [4.78, 5) is 31.0. The Morgan fingerprint density at radius 3 is 2.63 bits per heavy atom. The summed E-state index contributed by atoms with van der Waals surface area (Å²) in [5, 5.41) is 9.46. The van der Waals surface area contributed by atoms with Crippen LogP contribution >= 0.6 is 0 Å². The predicted molar refractivity (Wildman–Crippen MR) is 98.8 cm³/mol. The van der Waals surface area contributed by atoms with E-state index in [1.807, 2.05) is 17.9 Å². The van der Waals surface area contributed by atoms with Crippen molar-refractivity contribution in [2.75, 3.05) is 18.0 Å². The topological polar surface area (TPSA) is 75.4 Å². The van der Waals surface area contributed by atoms with Crippen molar-refractivity contribution in [2.45, 2.75) is 44.1 Å². The number of hydrogen-bond donors (Lipinski definition) is 1. The highest BCUT2D eigenvalue weighted by atomic mass is 19.1. The van der Waals surface area contributed by atoms with Crippen LogP contribution in [0.1, 0.15) is 55.5 Å². The van der Waals surface area contributed by atoms with E-state index in [0.29, 0.717) is 49.4 Å². The van der Waals surface area contributed by atoms with Crippen molar-refractivity contribution in [3.63, 3.8) is 0 Å².